The van der Waals surface area contributed by atoms with Gasteiger partial charge in [-0.05, 0) is 18.6 Å². The van der Waals surface area contributed by atoms with E-state index in [1.807, 2.05) is 6.07 Å². The molecule has 3 atom stereocenters. The number of aromatic nitrogens is 2. The van der Waals surface area contributed by atoms with E-state index >= 15 is 0 Å². The number of nitrogens with one attached hydrogen (secondary N) is 2. The Balaban J connectivity index is 1.55. The van der Waals surface area contributed by atoms with Gasteiger partial charge in [-0.25, -0.2) is 4.79 Å². The third-order valence-corrected chi connectivity index (χ3v) is 4.55. The summed E-state index contributed by atoms with van der Waals surface area (Å²) in [6.45, 7) is 1.72. The smallest absolute Gasteiger partial charge is 0.330 e. The molecule has 1 amide bonds. The average Bonchev–Trinajstić information content (AvgIpc) is 3.06. The monoisotopic (exact) mass is 389 g/mol. The van der Waals surface area contributed by atoms with Crippen molar-refractivity contribution in [3.8, 4) is 5.75 Å². The summed E-state index contributed by atoms with van der Waals surface area (Å²) >= 11 is 0. The molecule has 3 rings (SSSR count). The molecule has 1 saturated heterocycles. The maximum Gasteiger partial charge on any atom is 0.330 e. The van der Waals surface area contributed by atoms with Crippen LogP contribution in [-0.2, 0) is 16.0 Å². The zero-order valence-corrected chi connectivity index (χ0v) is 15.5. The molecule has 0 unspecified atom stereocenters. The normalized spacial score (nSPS) is 21.4. The topological polar surface area (TPSA) is 123 Å². The average molecular weight is 389 g/mol. The third kappa shape index (κ3) is 4.68. The van der Waals surface area contributed by atoms with Crippen LogP contribution in [0.1, 0.15) is 25.1 Å². The summed E-state index contributed by atoms with van der Waals surface area (Å²) in [7, 11) is 0. The van der Waals surface area contributed by atoms with Gasteiger partial charge in [0.25, 0.3) is 11.5 Å². The summed E-state index contributed by atoms with van der Waals surface area (Å²) < 4.78 is 12.4. The predicted molar refractivity (Wildman–Crippen MR) is 100 cm³/mol. The number of amides is 1. The molecule has 2 heterocycles. The van der Waals surface area contributed by atoms with Crippen LogP contribution in [0.3, 0.4) is 0 Å². The fraction of sp³-hybridized carbons (Fsp3) is 0.421. The molecule has 3 N–H and O–H groups in total. The van der Waals surface area contributed by atoms with Gasteiger partial charge >= 0.3 is 5.69 Å². The second-order valence-corrected chi connectivity index (χ2v) is 6.51. The first-order valence-corrected chi connectivity index (χ1v) is 9.10. The van der Waals surface area contributed by atoms with Gasteiger partial charge in [0.05, 0.1) is 6.10 Å². The third-order valence-electron chi connectivity index (χ3n) is 4.55. The second-order valence-electron chi connectivity index (χ2n) is 6.51. The molecule has 1 aliphatic heterocycles. The number of aryl methyl sites for hydroxylation is 1. The van der Waals surface area contributed by atoms with Crippen molar-refractivity contribution in [3.63, 3.8) is 0 Å². The Bertz CT molecular complexity index is 923. The van der Waals surface area contributed by atoms with Gasteiger partial charge in [0.1, 0.15) is 18.1 Å². The Morgan fingerprint density at radius 2 is 2.11 bits per heavy atom. The molecule has 1 fully saturated rings. The predicted octanol–water partition coefficient (Wildman–Crippen LogP) is -0.0574. The molecule has 0 saturated carbocycles. The van der Waals surface area contributed by atoms with Gasteiger partial charge in [0, 0.05) is 24.7 Å². The van der Waals surface area contributed by atoms with Crippen molar-refractivity contribution in [1.29, 1.82) is 0 Å². The van der Waals surface area contributed by atoms with E-state index in [1.54, 1.807) is 31.2 Å². The van der Waals surface area contributed by atoms with Gasteiger partial charge in [-0.3, -0.25) is 19.1 Å². The van der Waals surface area contributed by atoms with Crippen molar-refractivity contribution in [3.05, 3.63) is 62.9 Å². The highest BCUT2D eigenvalue weighted by molar-refractivity contribution is 5.77. The molecular weight excluding hydrogens is 366 g/mol. The van der Waals surface area contributed by atoms with Crippen LogP contribution >= 0.6 is 0 Å². The first kappa shape index (κ1) is 19.8. The summed E-state index contributed by atoms with van der Waals surface area (Å²) in [6.07, 6.45) is -0.152. The van der Waals surface area contributed by atoms with E-state index in [1.165, 1.54) is 10.8 Å². The van der Waals surface area contributed by atoms with Crippen LogP contribution in [0.15, 0.2) is 46.1 Å². The van der Waals surface area contributed by atoms with E-state index in [4.69, 9.17) is 9.47 Å². The molecule has 0 bridgehead atoms. The molecule has 1 aromatic carbocycles. The molecule has 1 aromatic heterocycles. The Morgan fingerprint density at radius 1 is 1.36 bits per heavy atom. The number of aliphatic hydroxyl groups is 1. The lowest BCUT2D eigenvalue weighted by atomic mass is 10.2. The lowest BCUT2D eigenvalue weighted by molar-refractivity contribution is -0.124. The minimum absolute atomic E-state index is 0.0768. The number of benzene rings is 1. The first-order chi connectivity index (χ1) is 13.5. The number of carbonyl (C=O) groups is 1. The van der Waals surface area contributed by atoms with Crippen LogP contribution in [0.2, 0.25) is 0 Å². The highest BCUT2D eigenvalue weighted by atomic mass is 16.5. The second kappa shape index (κ2) is 8.85. The Kier molecular flexibility index (Phi) is 6.27. The zero-order valence-electron chi connectivity index (χ0n) is 15.5. The molecule has 2 aromatic rings. The first-order valence-electron chi connectivity index (χ1n) is 9.10. The highest BCUT2D eigenvalue weighted by Crippen LogP contribution is 2.27. The van der Waals surface area contributed by atoms with Gasteiger partial charge in [0.15, 0.2) is 6.61 Å². The number of aromatic amines is 1. The molecule has 9 heteroatoms. The summed E-state index contributed by atoms with van der Waals surface area (Å²) in [5, 5.41) is 12.9. The number of aliphatic hydroxyl groups excluding tert-OH is 1. The lowest BCUT2D eigenvalue weighted by Gasteiger charge is -2.17. The van der Waals surface area contributed by atoms with Crippen LogP contribution in [0, 0.1) is 0 Å². The molecule has 150 valence electrons. The largest absolute Gasteiger partial charge is 0.484 e. The van der Waals surface area contributed by atoms with Crippen molar-refractivity contribution in [2.75, 3.05) is 13.2 Å². The lowest BCUT2D eigenvalue weighted by Crippen LogP contribution is -2.39. The number of ether oxygens (including phenoxy) is 2. The van der Waals surface area contributed by atoms with E-state index in [0.717, 1.165) is 0 Å². The highest BCUT2D eigenvalue weighted by Gasteiger charge is 2.35. The number of hydrogen-bond acceptors (Lipinski definition) is 6. The van der Waals surface area contributed by atoms with Crippen LogP contribution in [0.25, 0.3) is 0 Å². The fourth-order valence-electron chi connectivity index (χ4n) is 2.99. The fourth-order valence-corrected chi connectivity index (χ4v) is 2.99. The molecule has 9 nitrogen and oxygen atoms in total. The molecule has 0 aliphatic carbocycles. The minimum Gasteiger partial charge on any atom is -0.484 e. The summed E-state index contributed by atoms with van der Waals surface area (Å²) in [6, 6.07) is 8.94. The zero-order chi connectivity index (χ0) is 20.1. The van der Waals surface area contributed by atoms with Gasteiger partial charge < -0.3 is 19.9 Å². The minimum atomic E-state index is -0.857. The SMILES string of the molecule is CCc1cn([C@H]2C[C@H](O)[C@@H](CNC(=O)COc3ccccc3)O2)c(=O)[nH]c1=O. The summed E-state index contributed by atoms with van der Waals surface area (Å²) in [5.74, 6) is 0.233. The van der Waals surface area contributed by atoms with Gasteiger partial charge in [0.2, 0.25) is 0 Å². The van der Waals surface area contributed by atoms with Gasteiger partial charge in [-0.15, -0.1) is 0 Å². The van der Waals surface area contributed by atoms with E-state index < -0.39 is 29.7 Å². The van der Waals surface area contributed by atoms with Crippen molar-refractivity contribution >= 4 is 5.91 Å². The van der Waals surface area contributed by atoms with Gasteiger partial charge in [-0.2, -0.15) is 0 Å². The van der Waals surface area contributed by atoms with Gasteiger partial charge in [-0.1, -0.05) is 25.1 Å². The number of carbonyl (C=O) groups excluding carboxylic acids is 1. The van der Waals surface area contributed by atoms with Crippen LogP contribution < -0.4 is 21.3 Å². The number of hydrogen-bond donors (Lipinski definition) is 3. The van der Waals surface area contributed by atoms with Crippen molar-refractivity contribution in [2.24, 2.45) is 0 Å². The molecule has 0 radical (unpaired) electrons. The maximum absolute atomic E-state index is 12.1. The van der Waals surface area contributed by atoms with E-state index in [2.05, 4.69) is 10.3 Å². The molecule has 0 spiro atoms. The number of para-hydroxylation sites is 1. The molecule has 28 heavy (non-hydrogen) atoms. The Labute approximate surface area is 160 Å². The standard InChI is InChI=1S/C19H23N3O6/c1-2-12-10-22(19(26)21-18(12)25)17-8-14(23)15(28-17)9-20-16(24)11-27-13-6-4-3-5-7-13/h3-7,10,14-15,17,23H,2,8-9,11H2,1H3,(H,20,24)(H,21,25,26)/t14-,15+,17+/m0/s1. The van der Waals surface area contributed by atoms with Crippen molar-refractivity contribution in [2.45, 2.75) is 38.2 Å². The number of nitrogens with zero attached hydrogens (tertiary/aromatic N) is 1. The van der Waals surface area contributed by atoms with Crippen molar-refractivity contribution < 1.29 is 19.4 Å². The van der Waals surface area contributed by atoms with Crippen LogP contribution in [-0.4, -0.2) is 45.9 Å². The molecule has 1 aliphatic rings. The van der Waals surface area contributed by atoms with E-state index in [-0.39, 0.29) is 25.5 Å². The summed E-state index contributed by atoms with van der Waals surface area (Å²) in [4.78, 5) is 37.9. The number of H-pyrrole nitrogens is 1. The van der Waals surface area contributed by atoms with Crippen molar-refractivity contribution in [1.82, 2.24) is 14.9 Å². The molecular formula is C19H23N3O6. The quantitative estimate of drug-likeness (QED) is 0.610. The van der Waals surface area contributed by atoms with E-state index in [0.29, 0.717) is 17.7 Å². The maximum atomic E-state index is 12.1. The van der Waals surface area contributed by atoms with Crippen LogP contribution in [0.4, 0.5) is 0 Å². The summed E-state index contributed by atoms with van der Waals surface area (Å²) in [5.41, 5.74) is -0.572. The number of rotatable bonds is 7. The Morgan fingerprint density at radius 3 is 2.82 bits per heavy atom. The van der Waals surface area contributed by atoms with Crippen LogP contribution in [0.5, 0.6) is 5.75 Å². The van der Waals surface area contributed by atoms with E-state index in [9.17, 15) is 19.5 Å². The Hall–Kier alpha value is -2.91.